The van der Waals surface area contributed by atoms with Gasteiger partial charge in [0.15, 0.2) is 0 Å². The first-order chi connectivity index (χ1) is 5.92. The smallest absolute Gasteiger partial charge is 0.00925 e. The fourth-order valence-corrected chi connectivity index (χ4v) is 2.75. The Bertz CT molecular complexity index is 250. The Morgan fingerprint density at radius 1 is 1.50 bits per heavy atom. The molecule has 1 fully saturated rings. The third-order valence-electron chi connectivity index (χ3n) is 2.70. The SMILES string of the molecule is NCCc1sccc1C1CCC1. The molecule has 2 N–H and O–H groups in total. The summed E-state index contributed by atoms with van der Waals surface area (Å²) in [7, 11) is 0. The molecule has 0 aliphatic heterocycles. The summed E-state index contributed by atoms with van der Waals surface area (Å²) in [5.74, 6) is 0.873. The molecule has 1 nitrogen and oxygen atoms in total. The Balaban J connectivity index is 2.12. The van der Waals surface area contributed by atoms with E-state index in [0.717, 1.165) is 18.9 Å². The van der Waals surface area contributed by atoms with E-state index >= 15 is 0 Å². The van der Waals surface area contributed by atoms with Crippen molar-refractivity contribution in [1.82, 2.24) is 0 Å². The summed E-state index contributed by atoms with van der Waals surface area (Å²) in [6, 6.07) is 2.29. The van der Waals surface area contributed by atoms with E-state index in [1.807, 2.05) is 11.3 Å². The zero-order valence-electron chi connectivity index (χ0n) is 7.25. The Kier molecular flexibility index (Phi) is 2.47. The van der Waals surface area contributed by atoms with E-state index in [4.69, 9.17) is 5.73 Å². The molecule has 0 saturated heterocycles. The van der Waals surface area contributed by atoms with Crippen LogP contribution in [-0.2, 0) is 6.42 Å². The van der Waals surface area contributed by atoms with Crippen LogP contribution in [-0.4, -0.2) is 6.54 Å². The third-order valence-corrected chi connectivity index (χ3v) is 3.69. The van der Waals surface area contributed by atoms with Gasteiger partial charge in [-0.3, -0.25) is 0 Å². The molecule has 0 atom stereocenters. The zero-order valence-corrected chi connectivity index (χ0v) is 8.07. The standard InChI is InChI=1S/C10H15NS/c11-6-4-10-9(5-7-12-10)8-2-1-3-8/h5,7-8H,1-4,6,11H2. The lowest BCUT2D eigenvalue weighted by Gasteiger charge is -2.25. The molecule has 0 aromatic carbocycles. The topological polar surface area (TPSA) is 26.0 Å². The van der Waals surface area contributed by atoms with E-state index in [0.29, 0.717) is 0 Å². The molecular formula is C10H15NS. The third kappa shape index (κ3) is 1.41. The molecular weight excluding hydrogens is 166 g/mol. The molecule has 66 valence electrons. The number of hydrogen-bond donors (Lipinski definition) is 1. The maximum Gasteiger partial charge on any atom is 0.00925 e. The van der Waals surface area contributed by atoms with Crippen LogP contribution >= 0.6 is 11.3 Å². The first-order valence-electron chi connectivity index (χ1n) is 4.68. The van der Waals surface area contributed by atoms with E-state index < -0.39 is 0 Å². The second-order valence-corrected chi connectivity index (χ2v) is 4.47. The summed E-state index contributed by atoms with van der Waals surface area (Å²) in [5.41, 5.74) is 7.15. The van der Waals surface area contributed by atoms with Crippen molar-refractivity contribution in [2.75, 3.05) is 6.54 Å². The number of hydrogen-bond acceptors (Lipinski definition) is 2. The summed E-state index contributed by atoms with van der Waals surface area (Å²) in [6.07, 6.45) is 5.29. The van der Waals surface area contributed by atoms with Crippen LogP contribution in [0.2, 0.25) is 0 Å². The highest BCUT2D eigenvalue weighted by molar-refractivity contribution is 7.10. The fourth-order valence-electron chi connectivity index (χ4n) is 1.77. The van der Waals surface area contributed by atoms with Crippen molar-refractivity contribution < 1.29 is 0 Å². The fraction of sp³-hybridized carbons (Fsp3) is 0.600. The normalized spacial score (nSPS) is 17.8. The maximum atomic E-state index is 5.55. The van der Waals surface area contributed by atoms with Gasteiger partial charge in [-0.05, 0) is 48.7 Å². The van der Waals surface area contributed by atoms with Crippen molar-refractivity contribution in [3.8, 4) is 0 Å². The molecule has 0 bridgehead atoms. The Hall–Kier alpha value is -0.340. The largest absolute Gasteiger partial charge is 0.330 e. The molecule has 2 rings (SSSR count). The molecule has 0 amide bonds. The molecule has 12 heavy (non-hydrogen) atoms. The molecule has 1 heterocycles. The molecule has 1 aliphatic rings. The van der Waals surface area contributed by atoms with Gasteiger partial charge in [0.1, 0.15) is 0 Å². The van der Waals surface area contributed by atoms with Gasteiger partial charge < -0.3 is 5.73 Å². The Labute approximate surface area is 77.6 Å². The van der Waals surface area contributed by atoms with Crippen LogP contribution in [0.4, 0.5) is 0 Å². The van der Waals surface area contributed by atoms with Gasteiger partial charge in [-0.25, -0.2) is 0 Å². The maximum absolute atomic E-state index is 5.55. The van der Waals surface area contributed by atoms with Crippen molar-refractivity contribution in [3.05, 3.63) is 21.9 Å². The summed E-state index contributed by atoms with van der Waals surface area (Å²) in [5, 5.41) is 2.21. The van der Waals surface area contributed by atoms with Crippen LogP contribution in [0.5, 0.6) is 0 Å². The van der Waals surface area contributed by atoms with Gasteiger partial charge in [0, 0.05) is 4.88 Å². The van der Waals surface area contributed by atoms with E-state index in [2.05, 4.69) is 11.4 Å². The average molecular weight is 181 g/mol. The summed E-state index contributed by atoms with van der Waals surface area (Å²) >= 11 is 1.87. The molecule has 0 spiro atoms. The minimum atomic E-state index is 0.792. The Morgan fingerprint density at radius 3 is 2.92 bits per heavy atom. The van der Waals surface area contributed by atoms with Crippen molar-refractivity contribution in [2.24, 2.45) is 5.73 Å². The van der Waals surface area contributed by atoms with Crippen LogP contribution in [0.1, 0.15) is 35.6 Å². The highest BCUT2D eigenvalue weighted by atomic mass is 32.1. The van der Waals surface area contributed by atoms with E-state index in [1.165, 1.54) is 24.1 Å². The second-order valence-electron chi connectivity index (χ2n) is 3.47. The van der Waals surface area contributed by atoms with Crippen molar-refractivity contribution in [3.63, 3.8) is 0 Å². The first-order valence-corrected chi connectivity index (χ1v) is 5.56. The van der Waals surface area contributed by atoms with E-state index in [1.54, 1.807) is 5.56 Å². The highest BCUT2D eigenvalue weighted by Gasteiger charge is 2.22. The van der Waals surface area contributed by atoms with Crippen LogP contribution < -0.4 is 5.73 Å². The lowest BCUT2D eigenvalue weighted by atomic mass is 9.80. The van der Waals surface area contributed by atoms with E-state index in [9.17, 15) is 0 Å². The van der Waals surface area contributed by atoms with Crippen LogP contribution in [0.15, 0.2) is 11.4 Å². The van der Waals surface area contributed by atoms with Gasteiger partial charge >= 0.3 is 0 Å². The Morgan fingerprint density at radius 2 is 2.33 bits per heavy atom. The minimum absolute atomic E-state index is 0.792. The molecule has 0 radical (unpaired) electrons. The van der Waals surface area contributed by atoms with Gasteiger partial charge in [0.2, 0.25) is 0 Å². The van der Waals surface area contributed by atoms with Crippen molar-refractivity contribution >= 4 is 11.3 Å². The highest BCUT2D eigenvalue weighted by Crippen LogP contribution is 2.39. The lowest BCUT2D eigenvalue weighted by molar-refractivity contribution is 0.418. The second kappa shape index (κ2) is 3.58. The average Bonchev–Trinajstić information content (AvgIpc) is 2.35. The van der Waals surface area contributed by atoms with Crippen LogP contribution in [0, 0.1) is 0 Å². The van der Waals surface area contributed by atoms with Gasteiger partial charge in [-0.2, -0.15) is 0 Å². The first kappa shape index (κ1) is 8.27. The number of rotatable bonds is 3. The summed E-state index contributed by atoms with van der Waals surface area (Å²) < 4.78 is 0. The summed E-state index contributed by atoms with van der Waals surface area (Å²) in [6.45, 7) is 0.792. The predicted molar refractivity (Wildman–Crippen MR) is 53.7 cm³/mol. The van der Waals surface area contributed by atoms with E-state index in [-0.39, 0.29) is 0 Å². The number of thiophene rings is 1. The van der Waals surface area contributed by atoms with Gasteiger partial charge in [-0.1, -0.05) is 6.42 Å². The van der Waals surface area contributed by atoms with Crippen molar-refractivity contribution in [2.45, 2.75) is 31.6 Å². The molecule has 2 heteroatoms. The van der Waals surface area contributed by atoms with Crippen LogP contribution in [0.3, 0.4) is 0 Å². The number of nitrogens with two attached hydrogens (primary N) is 1. The minimum Gasteiger partial charge on any atom is -0.330 e. The molecule has 1 aromatic heterocycles. The predicted octanol–water partition coefficient (Wildman–Crippen LogP) is 2.52. The van der Waals surface area contributed by atoms with Gasteiger partial charge in [0.25, 0.3) is 0 Å². The zero-order chi connectivity index (χ0) is 8.39. The quantitative estimate of drug-likeness (QED) is 0.762. The lowest BCUT2D eigenvalue weighted by Crippen LogP contribution is -2.11. The monoisotopic (exact) mass is 181 g/mol. The van der Waals surface area contributed by atoms with Crippen LogP contribution in [0.25, 0.3) is 0 Å². The van der Waals surface area contributed by atoms with Crippen molar-refractivity contribution in [1.29, 1.82) is 0 Å². The molecule has 1 saturated carbocycles. The molecule has 1 aliphatic carbocycles. The summed E-state index contributed by atoms with van der Waals surface area (Å²) in [4.78, 5) is 1.53. The molecule has 1 aromatic rings. The molecule has 0 unspecified atom stereocenters. The van der Waals surface area contributed by atoms with Gasteiger partial charge in [0.05, 0.1) is 0 Å². The van der Waals surface area contributed by atoms with Gasteiger partial charge in [-0.15, -0.1) is 11.3 Å².